The maximum atomic E-state index is 12.1. The van der Waals surface area contributed by atoms with Crippen LogP contribution < -0.4 is 10.6 Å². The number of nitrogens with one attached hydrogen (secondary N) is 2. The van der Waals surface area contributed by atoms with Crippen LogP contribution in [0, 0.1) is 0 Å². The minimum absolute atomic E-state index is 0.0865. The van der Waals surface area contributed by atoms with E-state index in [2.05, 4.69) is 10.6 Å². The fraction of sp³-hybridized carbons (Fsp3) is 0.211. The second-order valence-electron chi connectivity index (χ2n) is 5.72. The smallest absolute Gasteiger partial charge is 0.307 e. The fourth-order valence-electron chi connectivity index (χ4n) is 2.43. The lowest BCUT2D eigenvalue weighted by atomic mass is 10.2. The predicted molar refractivity (Wildman–Crippen MR) is 98.6 cm³/mol. The number of anilines is 1. The van der Waals surface area contributed by atoms with Crippen molar-refractivity contribution in [2.24, 2.45) is 0 Å². The van der Waals surface area contributed by atoms with Crippen molar-refractivity contribution in [2.45, 2.75) is 23.1 Å². The van der Waals surface area contributed by atoms with Gasteiger partial charge in [-0.1, -0.05) is 42.5 Å². The number of ether oxygens (including phenoxy) is 1. The van der Waals surface area contributed by atoms with Gasteiger partial charge in [0.2, 0.25) is 5.91 Å². The van der Waals surface area contributed by atoms with Crippen LogP contribution in [0.25, 0.3) is 0 Å². The number of para-hydroxylation sites is 1. The first-order valence-corrected chi connectivity index (χ1v) is 9.02. The molecule has 2 N–H and O–H groups in total. The zero-order chi connectivity index (χ0) is 18.4. The van der Waals surface area contributed by atoms with Crippen molar-refractivity contribution >= 4 is 35.2 Å². The highest BCUT2D eigenvalue weighted by Crippen LogP contribution is 2.36. The molecule has 0 saturated heterocycles. The highest BCUT2D eigenvalue weighted by Gasteiger charge is 2.29. The molecule has 0 bridgehead atoms. The van der Waals surface area contributed by atoms with Gasteiger partial charge in [-0.25, -0.2) is 0 Å². The molecular weight excluding hydrogens is 352 g/mol. The van der Waals surface area contributed by atoms with Gasteiger partial charge >= 0.3 is 5.97 Å². The van der Waals surface area contributed by atoms with E-state index in [1.165, 1.54) is 11.8 Å². The van der Waals surface area contributed by atoms with E-state index in [1.807, 2.05) is 54.6 Å². The van der Waals surface area contributed by atoms with Crippen LogP contribution >= 0.6 is 11.8 Å². The van der Waals surface area contributed by atoms with E-state index in [0.717, 1.165) is 16.1 Å². The molecule has 0 unspecified atom stereocenters. The molecule has 26 heavy (non-hydrogen) atoms. The van der Waals surface area contributed by atoms with E-state index in [9.17, 15) is 14.4 Å². The molecule has 0 spiro atoms. The van der Waals surface area contributed by atoms with E-state index < -0.39 is 11.2 Å². The van der Waals surface area contributed by atoms with Gasteiger partial charge in [-0.15, -0.1) is 11.8 Å². The monoisotopic (exact) mass is 370 g/mol. The topological polar surface area (TPSA) is 84.5 Å². The molecule has 0 aliphatic carbocycles. The Kier molecular flexibility index (Phi) is 5.91. The second kappa shape index (κ2) is 8.53. The quantitative estimate of drug-likeness (QED) is 0.763. The molecule has 1 atom stereocenters. The van der Waals surface area contributed by atoms with Crippen molar-refractivity contribution in [1.82, 2.24) is 5.32 Å². The molecule has 134 valence electrons. The first-order valence-electron chi connectivity index (χ1n) is 8.14. The molecule has 0 fully saturated rings. The molecule has 0 radical (unpaired) electrons. The summed E-state index contributed by atoms with van der Waals surface area (Å²) in [5, 5.41) is 4.89. The van der Waals surface area contributed by atoms with E-state index in [1.54, 1.807) is 0 Å². The predicted octanol–water partition coefficient (Wildman–Crippen LogP) is 2.35. The van der Waals surface area contributed by atoms with E-state index in [0.29, 0.717) is 6.54 Å². The normalized spacial score (nSPS) is 15.5. The van der Waals surface area contributed by atoms with E-state index in [4.69, 9.17) is 4.74 Å². The Morgan fingerprint density at radius 2 is 1.81 bits per heavy atom. The third-order valence-corrected chi connectivity index (χ3v) is 5.03. The summed E-state index contributed by atoms with van der Waals surface area (Å²) in [5.74, 6) is -1.20. The van der Waals surface area contributed by atoms with E-state index >= 15 is 0 Å². The number of esters is 1. The number of thioether (sulfide) groups is 1. The Morgan fingerprint density at radius 1 is 1.08 bits per heavy atom. The summed E-state index contributed by atoms with van der Waals surface area (Å²) in [5.41, 5.74) is 1.70. The summed E-state index contributed by atoms with van der Waals surface area (Å²) >= 11 is 1.32. The van der Waals surface area contributed by atoms with Gasteiger partial charge in [-0.3, -0.25) is 14.4 Å². The standard InChI is InChI=1S/C19H18N2O4S/c22-17(20-11-13-6-2-1-3-7-13)12-25-18(23)10-16-19(24)21-14-8-4-5-9-15(14)26-16/h1-9,16H,10-12H2,(H,20,22)(H,21,24)/t16-/m1/s1. The summed E-state index contributed by atoms with van der Waals surface area (Å²) < 4.78 is 4.99. The maximum Gasteiger partial charge on any atom is 0.307 e. The summed E-state index contributed by atoms with van der Waals surface area (Å²) in [6.07, 6.45) is -0.0865. The zero-order valence-corrected chi connectivity index (χ0v) is 14.8. The maximum absolute atomic E-state index is 12.1. The molecule has 7 heteroatoms. The van der Waals surface area contributed by atoms with Gasteiger partial charge in [0.05, 0.1) is 17.4 Å². The van der Waals surface area contributed by atoms with Crippen molar-refractivity contribution < 1.29 is 19.1 Å². The average Bonchev–Trinajstić information content (AvgIpc) is 2.66. The summed E-state index contributed by atoms with van der Waals surface area (Å²) in [6.45, 7) is 0.0101. The van der Waals surface area contributed by atoms with Crippen LogP contribution in [0.15, 0.2) is 59.5 Å². The molecule has 6 nitrogen and oxygen atoms in total. The molecule has 2 amide bonds. The highest BCUT2D eigenvalue weighted by molar-refractivity contribution is 8.01. The summed E-state index contributed by atoms with van der Waals surface area (Å²) in [7, 11) is 0. The number of carbonyl (C=O) groups excluding carboxylic acids is 3. The van der Waals surface area contributed by atoms with Crippen LogP contribution in [-0.4, -0.2) is 29.6 Å². The van der Waals surface area contributed by atoms with E-state index in [-0.39, 0.29) is 24.8 Å². The number of hydrogen-bond donors (Lipinski definition) is 2. The van der Waals surface area contributed by atoms with Gasteiger partial charge in [0.25, 0.3) is 5.91 Å². The van der Waals surface area contributed by atoms with Crippen molar-refractivity contribution in [3.8, 4) is 0 Å². The number of hydrogen-bond acceptors (Lipinski definition) is 5. The first kappa shape index (κ1) is 18.0. The van der Waals surface area contributed by atoms with Crippen LogP contribution in [-0.2, 0) is 25.7 Å². The Morgan fingerprint density at radius 3 is 2.62 bits per heavy atom. The largest absolute Gasteiger partial charge is 0.456 e. The van der Waals surface area contributed by atoms with Crippen molar-refractivity contribution in [3.63, 3.8) is 0 Å². The Hall–Kier alpha value is -2.80. The Balaban J connectivity index is 1.43. The number of carbonyl (C=O) groups is 3. The number of fused-ring (bicyclic) bond motifs is 1. The molecular formula is C19H18N2O4S. The van der Waals surface area contributed by atoms with Gasteiger partial charge in [0.15, 0.2) is 6.61 Å². The molecule has 1 aliphatic heterocycles. The van der Waals surface area contributed by atoms with Crippen LogP contribution in [0.4, 0.5) is 5.69 Å². The van der Waals surface area contributed by atoms with Crippen molar-refractivity contribution in [3.05, 3.63) is 60.2 Å². The molecule has 3 rings (SSSR count). The molecule has 1 aliphatic rings. The third kappa shape index (κ3) is 4.86. The summed E-state index contributed by atoms with van der Waals surface area (Å²) in [4.78, 5) is 36.7. The Labute approximate surface area is 155 Å². The zero-order valence-electron chi connectivity index (χ0n) is 13.9. The molecule has 2 aromatic rings. The molecule has 2 aromatic carbocycles. The lowest BCUT2D eigenvalue weighted by Crippen LogP contribution is -2.33. The number of rotatable bonds is 6. The molecule has 0 aromatic heterocycles. The van der Waals surface area contributed by atoms with Crippen LogP contribution in [0.2, 0.25) is 0 Å². The SMILES string of the molecule is O=C(COC(=O)C[C@H]1Sc2ccccc2NC1=O)NCc1ccccc1. The van der Waals surface area contributed by atoms with Gasteiger partial charge in [-0.2, -0.15) is 0 Å². The van der Waals surface area contributed by atoms with Gasteiger partial charge in [0, 0.05) is 11.4 Å². The minimum Gasteiger partial charge on any atom is -0.456 e. The van der Waals surface area contributed by atoms with Crippen molar-refractivity contribution in [2.75, 3.05) is 11.9 Å². The number of benzene rings is 2. The Bertz CT molecular complexity index is 810. The third-order valence-electron chi connectivity index (χ3n) is 3.76. The number of amides is 2. The lowest BCUT2D eigenvalue weighted by molar-refractivity contribution is -0.149. The van der Waals surface area contributed by atoms with Crippen LogP contribution in [0.1, 0.15) is 12.0 Å². The summed E-state index contributed by atoms with van der Waals surface area (Å²) in [6, 6.07) is 16.8. The van der Waals surface area contributed by atoms with Gasteiger partial charge in [-0.05, 0) is 17.7 Å². The first-order chi connectivity index (χ1) is 12.6. The average molecular weight is 370 g/mol. The van der Waals surface area contributed by atoms with Gasteiger partial charge < -0.3 is 15.4 Å². The lowest BCUT2D eigenvalue weighted by Gasteiger charge is -2.23. The van der Waals surface area contributed by atoms with Crippen molar-refractivity contribution in [1.29, 1.82) is 0 Å². The highest BCUT2D eigenvalue weighted by atomic mass is 32.2. The molecule has 1 heterocycles. The minimum atomic E-state index is -0.577. The van der Waals surface area contributed by atoms with Crippen LogP contribution in [0.5, 0.6) is 0 Å². The van der Waals surface area contributed by atoms with Gasteiger partial charge in [0.1, 0.15) is 0 Å². The molecule has 0 saturated carbocycles. The van der Waals surface area contributed by atoms with Crippen LogP contribution in [0.3, 0.4) is 0 Å². The second-order valence-corrected chi connectivity index (χ2v) is 6.96. The fourth-order valence-corrected chi connectivity index (χ4v) is 3.53.